The average molecular weight is 325 g/mol. The number of carbonyl (C=O) groups is 1. The van der Waals surface area contributed by atoms with E-state index >= 15 is 0 Å². The molecule has 1 aromatic heterocycles. The molecule has 1 aliphatic heterocycles. The van der Waals surface area contributed by atoms with Crippen LogP contribution in [0.2, 0.25) is 0 Å². The molecule has 0 radical (unpaired) electrons. The standard InChI is InChI=1S/C14H21ClN6O/c1-4-16-14(17-7-11(2)15)20-5-6-21(13(22)10-20)12-8-18-19(3)9-12/h8-9H,2,4-7,10H2,1,3H3,(H,16,17). The zero-order valence-corrected chi connectivity index (χ0v) is 13.7. The van der Waals surface area contributed by atoms with E-state index in [4.69, 9.17) is 11.6 Å². The molecule has 120 valence electrons. The lowest BCUT2D eigenvalue weighted by molar-refractivity contribution is -0.120. The molecule has 0 aromatic carbocycles. The van der Waals surface area contributed by atoms with Crippen molar-refractivity contribution in [2.24, 2.45) is 12.0 Å². The molecule has 1 saturated heterocycles. The fraction of sp³-hybridized carbons (Fsp3) is 0.500. The fourth-order valence-electron chi connectivity index (χ4n) is 2.26. The molecule has 1 amide bonds. The third kappa shape index (κ3) is 4.00. The monoisotopic (exact) mass is 324 g/mol. The van der Waals surface area contributed by atoms with Gasteiger partial charge in [-0.3, -0.25) is 9.48 Å². The van der Waals surface area contributed by atoms with Gasteiger partial charge in [-0.1, -0.05) is 18.2 Å². The van der Waals surface area contributed by atoms with E-state index in [0.717, 1.165) is 12.2 Å². The third-order valence-corrected chi connectivity index (χ3v) is 3.38. The van der Waals surface area contributed by atoms with Crippen LogP contribution in [0.3, 0.4) is 0 Å². The van der Waals surface area contributed by atoms with E-state index in [-0.39, 0.29) is 12.5 Å². The Bertz CT molecular complexity index is 582. The summed E-state index contributed by atoms with van der Waals surface area (Å²) in [5.74, 6) is 0.707. The summed E-state index contributed by atoms with van der Waals surface area (Å²) in [4.78, 5) is 20.4. The highest BCUT2D eigenvalue weighted by atomic mass is 35.5. The lowest BCUT2D eigenvalue weighted by Crippen LogP contribution is -2.55. The fourth-order valence-corrected chi connectivity index (χ4v) is 2.32. The molecule has 1 aromatic rings. The number of amides is 1. The first-order valence-electron chi connectivity index (χ1n) is 7.16. The molecular weight excluding hydrogens is 304 g/mol. The second kappa shape index (κ2) is 7.31. The molecule has 22 heavy (non-hydrogen) atoms. The number of aromatic nitrogens is 2. The van der Waals surface area contributed by atoms with Crippen LogP contribution in [0.25, 0.3) is 0 Å². The Balaban J connectivity index is 2.05. The van der Waals surface area contributed by atoms with Crippen LogP contribution in [-0.4, -0.2) is 59.3 Å². The second-order valence-corrected chi connectivity index (χ2v) is 5.56. The van der Waals surface area contributed by atoms with Crippen molar-refractivity contribution in [3.63, 3.8) is 0 Å². The average Bonchev–Trinajstić information content (AvgIpc) is 2.89. The van der Waals surface area contributed by atoms with E-state index in [1.54, 1.807) is 15.8 Å². The number of piperazine rings is 1. The topological polar surface area (TPSA) is 65.8 Å². The summed E-state index contributed by atoms with van der Waals surface area (Å²) in [7, 11) is 1.83. The van der Waals surface area contributed by atoms with Crippen LogP contribution in [0.1, 0.15) is 6.92 Å². The third-order valence-electron chi connectivity index (χ3n) is 3.26. The maximum atomic E-state index is 12.4. The maximum absolute atomic E-state index is 12.4. The van der Waals surface area contributed by atoms with E-state index in [1.807, 2.05) is 25.1 Å². The number of nitrogens with zero attached hydrogens (tertiary/aromatic N) is 5. The van der Waals surface area contributed by atoms with Crippen molar-refractivity contribution in [1.82, 2.24) is 20.0 Å². The van der Waals surface area contributed by atoms with Crippen LogP contribution in [-0.2, 0) is 11.8 Å². The Morgan fingerprint density at radius 1 is 1.55 bits per heavy atom. The first-order chi connectivity index (χ1) is 10.5. The van der Waals surface area contributed by atoms with Crippen LogP contribution in [0, 0.1) is 0 Å². The van der Waals surface area contributed by atoms with Gasteiger partial charge in [0, 0.05) is 37.9 Å². The summed E-state index contributed by atoms with van der Waals surface area (Å²) in [5.41, 5.74) is 0.822. The number of carbonyl (C=O) groups excluding carboxylic acids is 1. The van der Waals surface area contributed by atoms with Crippen molar-refractivity contribution < 1.29 is 4.79 Å². The van der Waals surface area contributed by atoms with Gasteiger partial charge in [0.05, 0.1) is 18.4 Å². The second-order valence-electron chi connectivity index (χ2n) is 5.03. The summed E-state index contributed by atoms with van der Waals surface area (Å²) in [6.07, 6.45) is 3.54. The van der Waals surface area contributed by atoms with Gasteiger partial charge in [-0.25, -0.2) is 4.99 Å². The molecule has 8 heteroatoms. The molecule has 1 fully saturated rings. The number of guanidine groups is 1. The predicted molar refractivity (Wildman–Crippen MR) is 88.1 cm³/mol. The van der Waals surface area contributed by atoms with Crippen molar-refractivity contribution in [2.75, 3.05) is 37.6 Å². The number of hydrogen-bond donors (Lipinski definition) is 1. The summed E-state index contributed by atoms with van der Waals surface area (Å²) in [5, 5.41) is 7.75. The highest BCUT2D eigenvalue weighted by Gasteiger charge is 2.27. The Kier molecular flexibility index (Phi) is 5.43. The predicted octanol–water partition coefficient (Wildman–Crippen LogP) is 0.787. The van der Waals surface area contributed by atoms with Crippen molar-refractivity contribution in [3.05, 3.63) is 24.0 Å². The van der Waals surface area contributed by atoms with Crippen LogP contribution < -0.4 is 10.2 Å². The highest BCUT2D eigenvalue weighted by Crippen LogP contribution is 2.16. The van der Waals surface area contributed by atoms with Gasteiger partial charge in [-0.05, 0) is 6.92 Å². The van der Waals surface area contributed by atoms with Crippen molar-refractivity contribution >= 4 is 29.2 Å². The zero-order valence-electron chi connectivity index (χ0n) is 12.9. The minimum atomic E-state index is 0.0227. The minimum Gasteiger partial charge on any atom is -0.356 e. The van der Waals surface area contributed by atoms with E-state index in [1.165, 1.54) is 0 Å². The number of halogens is 1. The SMILES string of the molecule is C=C(Cl)CN=C(NCC)N1CCN(c2cnn(C)c2)C(=O)C1. The van der Waals surface area contributed by atoms with E-state index in [9.17, 15) is 4.79 Å². The highest BCUT2D eigenvalue weighted by molar-refractivity contribution is 6.29. The van der Waals surface area contributed by atoms with Crippen molar-refractivity contribution in [2.45, 2.75) is 6.92 Å². The summed E-state index contributed by atoms with van der Waals surface area (Å²) in [6.45, 7) is 8.24. The number of hydrogen-bond acceptors (Lipinski definition) is 3. The smallest absolute Gasteiger partial charge is 0.246 e. The van der Waals surface area contributed by atoms with Gasteiger partial charge in [-0.2, -0.15) is 5.10 Å². The number of anilines is 1. The molecule has 0 atom stereocenters. The molecule has 1 aliphatic rings. The Morgan fingerprint density at radius 2 is 2.32 bits per heavy atom. The molecule has 2 rings (SSSR count). The Morgan fingerprint density at radius 3 is 2.86 bits per heavy atom. The van der Waals surface area contributed by atoms with Gasteiger partial charge in [0.25, 0.3) is 0 Å². The van der Waals surface area contributed by atoms with Gasteiger partial charge in [0.1, 0.15) is 6.54 Å². The van der Waals surface area contributed by atoms with Crippen LogP contribution in [0.4, 0.5) is 5.69 Å². The number of aryl methyl sites for hydroxylation is 1. The Hall–Kier alpha value is -2.02. The molecule has 1 N–H and O–H groups in total. The van der Waals surface area contributed by atoms with Gasteiger partial charge >= 0.3 is 0 Å². The molecule has 0 unspecified atom stereocenters. The van der Waals surface area contributed by atoms with Crippen molar-refractivity contribution in [1.29, 1.82) is 0 Å². The first kappa shape index (κ1) is 16.4. The van der Waals surface area contributed by atoms with E-state index < -0.39 is 0 Å². The molecular formula is C14H21ClN6O. The zero-order chi connectivity index (χ0) is 16.1. The summed E-state index contributed by atoms with van der Waals surface area (Å²) >= 11 is 5.76. The van der Waals surface area contributed by atoms with E-state index in [0.29, 0.717) is 30.6 Å². The maximum Gasteiger partial charge on any atom is 0.246 e. The lowest BCUT2D eigenvalue weighted by atomic mass is 10.3. The molecule has 0 spiro atoms. The normalized spacial score (nSPS) is 16.1. The molecule has 0 saturated carbocycles. The lowest BCUT2D eigenvalue weighted by Gasteiger charge is -2.35. The molecule has 2 heterocycles. The van der Waals surface area contributed by atoms with Crippen LogP contribution in [0.5, 0.6) is 0 Å². The minimum absolute atomic E-state index is 0.0227. The number of nitrogens with one attached hydrogen (secondary N) is 1. The van der Waals surface area contributed by atoms with Crippen molar-refractivity contribution in [3.8, 4) is 0 Å². The first-order valence-corrected chi connectivity index (χ1v) is 7.54. The van der Waals surface area contributed by atoms with Crippen LogP contribution >= 0.6 is 11.6 Å². The summed E-state index contributed by atoms with van der Waals surface area (Å²) in [6, 6.07) is 0. The number of rotatable bonds is 4. The number of aliphatic imine (C=N–C) groups is 1. The molecule has 7 nitrogen and oxygen atoms in total. The van der Waals surface area contributed by atoms with E-state index in [2.05, 4.69) is 22.0 Å². The largest absolute Gasteiger partial charge is 0.356 e. The quantitative estimate of drug-likeness (QED) is 0.657. The molecule has 0 bridgehead atoms. The molecule has 0 aliphatic carbocycles. The Labute approximate surface area is 135 Å². The van der Waals surface area contributed by atoms with Gasteiger partial charge in [0.2, 0.25) is 5.91 Å². The summed E-state index contributed by atoms with van der Waals surface area (Å²) < 4.78 is 1.69. The van der Waals surface area contributed by atoms with Gasteiger partial charge < -0.3 is 15.1 Å². The van der Waals surface area contributed by atoms with Crippen LogP contribution in [0.15, 0.2) is 29.0 Å². The van der Waals surface area contributed by atoms with Gasteiger partial charge in [-0.15, -0.1) is 0 Å². The van der Waals surface area contributed by atoms with Gasteiger partial charge in [0.15, 0.2) is 5.96 Å².